The summed E-state index contributed by atoms with van der Waals surface area (Å²) < 4.78 is 4.81. The molecule has 0 saturated carbocycles. The van der Waals surface area contributed by atoms with Crippen molar-refractivity contribution in [2.24, 2.45) is 5.92 Å². The van der Waals surface area contributed by atoms with Crippen LogP contribution in [0.1, 0.15) is 43.0 Å². The zero-order chi connectivity index (χ0) is 18.9. The topological polar surface area (TPSA) is 49.9 Å². The predicted molar refractivity (Wildman–Crippen MR) is 103 cm³/mol. The van der Waals surface area contributed by atoms with Gasteiger partial charge in [0.25, 0.3) is 5.91 Å². The van der Waals surface area contributed by atoms with Gasteiger partial charge in [0.05, 0.1) is 13.0 Å². The van der Waals surface area contributed by atoms with Gasteiger partial charge in [0.2, 0.25) is 0 Å². The predicted octanol–water partition coefficient (Wildman–Crippen LogP) is 3.47. The highest BCUT2D eigenvalue weighted by Crippen LogP contribution is 2.15. The van der Waals surface area contributed by atoms with E-state index in [1.165, 1.54) is 33.0 Å². The number of amides is 1. The van der Waals surface area contributed by atoms with E-state index in [0.29, 0.717) is 23.7 Å². The number of likely N-dealkylation sites (tertiary alicyclic amines) is 1. The molecule has 26 heavy (non-hydrogen) atoms. The number of nitrogens with zero attached hydrogens (tertiary/aromatic N) is 2. The molecule has 0 aliphatic carbocycles. The van der Waals surface area contributed by atoms with Crippen LogP contribution in [-0.4, -0.2) is 61.5 Å². The lowest BCUT2D eigenvalue weighted by molar-refractivity contribution is -0.145. The molecule has 2 rings (SSSR count). The first-order valence-electron chi connectivity index (χ1n) is 9.36. The summed E-state index contributed by atoms with van der Waals surface area (Å²) in [6.07, 6.45) is 4.54. The van der Waals surface area contributed by atoms with Crippen LogP contribution >= 0.6 is 11.6 Å². The van der Waals surface area contributed by atoms with Crippen molar-refractivity contribution in [3.63, 3.8) is 0 Å². The molecule has 0 aromatic heterocycles. The van der Waals surface area contributed by atoms with Crippen LogP contribution in [-0.2, 0) is 9.53 Å². The lowest BCUT2D eigenvalue weighted by Crippen LogP contribution is -2.38. The lowest BCUT2D eigenvalue weighted by atomic mass is 10.1. The fraction of sp³-hybridized carbons (Fsp3) is 0.600. The Bertz CT molecular complexity index is 602. The number of carbonyl (C=O) groups excluding carboxylic acids is 2. The Hall–Kier alpha value is -1.59. The molecule has 5 nitrogen and oxygen atoms in total. The van der Waals surface area contributed by atoms with E-state index >= 15 is 0 Å². The Morgan fingerprint density at radius 1 is 1.27 bits per heavy atom. The first kappa shape index (κ1) is 20.7. The van der Waals surface area contributed by atoms with E-state index < -0.39 is 0 Å². The maximum atomic E-state index is 12.9. The number of ether oxygens (including phenoxy) is 1. The van der Waals surface area contributed by atoms with Crippen LogP contribution in [0, 0.1) is 5.92 Å². The van der Waals surface area contributed by atoms with E-state index in [0.717, 1.165) is 19.4 Å². The number of methoxy groups -OCH3 is 1. The van der Waals surface area contributed by atoms with Gasteiger partial charge in [-0.05, 0) is 63.5 Å². The molecule has 1 aliphatic heterocycles. The van der Waals surface area contributed by atoms with Gasteiger partial charge < -0.3 is 14.5 Å². The molecule has 1 amide bonds. The van der Waals surface area contributed by atoms with Crippen molar-refractivity contribution in [1.82, 2.24) is 9.80 Å². The summed E-state index contributed by atoms with van der Waals surface area (Å²) in [6, 6.07) is 6.94. The van der Waals surface area contributed by atoms with E-state index in [4.69, 9.17) is 16.3 Å². The van der Waals surface area contributed by atoms with Gasteiger partial charge in [-0.15, -0.1) is 0 Å². The van der Waals surface area contributed by atoms with E-state index in [2.05, 4.69) is 4.90 Å². The van der Waals surface area contributed by atoms with Crippen molar-refractivity contribution in [3.05, 3.63) is 34.9 Å². The van der Waals surface area contributed by atoms with E-state index in [1.54, 1.807) is 36.1 Å². The number of esters is 1. The quantitative estimate of drug-likeness (QED) is 0.486. The summed E-state index contributed by atoms with van der Waals surface area (Å²) in [5, 5.41) is 0.533. The van der Waals surface area contributed by atoms with Crippen LogP contribution < -0.4 is 0 Å². The summed E-state index contributed by atoms with van der Waals surface area (Å²) in [5.74, 6) is -0.753. The zero-order valence-electron chi connectivity index (χ0n) is 15.7. The Morgan fingerprint density at radius 2 is 2.00 bits per heavy atom. The molecule has 0 N–H and O–H groups in total. The maximum absolute atomic E-state index is 12.9. The summed E-state index contributed by atoms with van der Waals surface area (Å²) in [5.41, 5.74) is 0.550. The molecule has 0 radical (unpaired) electrons. The van der Waals surface area contributed by atoms with Gasteiger partial charge in [0.1, 0.15) is 0 Å². The Morgan fingerprint density at radius 3 is 2.65 bits per heavy atom. The molecule has 6 heteroatoms. The van der Waals surface area contributed by atoms with Gasteiger partial charge in [0.15, 0.2) is 0 Å². The molecule has 1 heterocycles. The third-order valence-electron chi connectivity index (χ3n) is 4.81. The molecule has 1 aliphatic rings. The molecule has 1 fully saturated rings. The Balaban J connectivity index is 1.95. The first-order valence-corrected chi connectivity index (χ1v) is 9.74. The summed E-state index contributed by atoms with van der Waals surface area (Å²) in [4.78, 5) is 28.9. The molecule has 0 spiro atoms. The second kappa shape index (κ2) is 10.5. The normalized spacial score (nSPS) is 15.7. The Kier molecular flexibility index (Phi) is 8.39. The van der Waals surface area contributed by atoms with E-state index in [-0.39, 0.29) is 17.8 Å². The number of rotatable bonds is 9. The maximum Gasteiger partial charge on any atom is 0.310 e. The third-order valence-corrected chi connectivity index (χ3v) is 5.04. The van der Waals surface area contributed by atoms with Gasteiger partial charge in [-0.1, -0.05) is 24.6 Å². The average molecular weight is 381 g/mol. The SMILES string of the molecule is COC(=O)C(C)CN(CCCCN1CCCC1)C(=O)c1cccc(Cl)c1. The van der Waals surface area contributed by atoms with Crippen LogP contribution in [0.4, 0.5) is 0 Å². The monoisotopic (exact) mass is 380 g/mol. The van der Waals surface area contributed by atoms with Crippen molar-refractivity contribution in [2.45, 2.75) is 32.6 Å². The van der Waals surface area contributed by atoms with Crippen LogP contribution in [0.15, 0.2) is 24.3 Å². The largest absolute Gasteiger partial charge is 0.469 e. The van der Waals surface area contributed by atoms with Gasteiger partial charge >= 0.3 is 5.97 Å². The van der Waals surface area contributed by atoms with Gasteiger partial charge in [-0.3, -0.25) is 9.59 Å². The standard InChI is InChI=1S/C20H29ClN2O3/c1-16(20(25)26-2)15-23(13-6-5-12-22-10-3-4-11-22)19(24)17-8-7-9-18(21)14-17/h7-9,14,16H,3-6,10-13,15H2,1-2H3. The number of unbranched alkanes of at least 4 members (excludes halogenated alkanes) is 1. The highest BCUT2D eigenvalue weighted by Gasteiger charge is 2.22. The van der Waals surface area contributed by atoms with Crippen LogP contribution in [0.25, 0.3) is 0 Å². The smallest absolute Gasteiger partial charge is 0.310 e. The first-order chi connectivity index (χ1) is 12.5. The fourth-order valence-electron chi connectivity index (χ4n) is 3.33. The highest BCUT2D eigenvalue weighted by atomic mass is 35.5. The summed E-state index contributed by atoms with van der Waals surface area (Å²) in [6.45, 7) is 6.21. The van der Waals surface area contributed by atoms with Gasteiger partial charge in [0, 0.05) is 23.7 Å². The second-order valence-corrected chi connectivity index (χ2v) is 7.38. The molecule has 1 atom stereocenters. The minimum Gasteiger partial charge on any atom is -0.469 e. The second-order valence-electron chi connectivity index (χ2n) is 6.94. The Labute approximate surface area is 161 Å². The number of benzene rings is 1. The molecule has 1 aromatic rings. The van der Waals surface area contributed by atoms with Crippen molar-refractivity contribution in [3.8, 4) is 0 Å². The lowest BCUT2D eigenvalue weighted by Gasteiger charge is -2.26. The fourth-order valence-corrected chi connectivity index (χ4v) is 3.52. The minimum atomic E-state index is -0.360. The van der Waals surface area contributed by atoms with Crippen molar-refractivity contribution < 1.29 is 14.3 Å². The average Bonchev–Trinajstić information content (AvgIpc) is 3.16. The summed E-state index contributed by atoms with van der Waals surface area (Å²) >= 11 is 6.02. The number of hydrogen-bond acceptors (Lipinski definition) is 4. The number of hydrogen-bond donors (Lipinski definition) is 0. The van der Waals surface area contributed by atoms with Crippen molar-refractivity contribution >= 4 is 23.5 Å². The van der Waals surface area contributed by atoms with E-state index in [9.17, 15) is 9.59 Å². The van der Waals surface area contributed by atoms with Crippen LogP contribution in [0.5, 0.6) is 0 Å². The number of carbonyl (C=O) groups is 2. The van der Waals surface area contributed by atoms with Crippen LogP contribution in [0.2, 0.25) is 5.02 Å². The summed E-state index contributed by atoms with van der Waals surface area (Å²) in [7, 11) is 1.37. The molecule has 1 unspecified atom stereocenters. The van der Waals surface area contributed by atoms with Gasteiger partial charge in [-0.25, -0.2) is 0 Å². The molecule has 0 bridgehead atoms. The van der Waals surface area contributed by atoms with Crippen molar-refractivity contribution in [1.29, 1.82) is 0 Å². The van der Waals surface area contributed by atoms with E-state index in [1.807, 2.05) is 0 Å². The molecular weight excluding hydrogens is 352 g/mol. The molecule has 1 saturated heterocycles. The zero-order valence-corrected chi connectivity index (χ0v) is 16.5. The number of halogens is 1. The highest BCUT2D eigenvalue weighted by molar-refractivity contribution is 6.30. The minimum absolute atomic E-state index is 0.0931. The molecular formula is C20H29ClN2O3. The van der Waals surface area contributed by atoms with Crippen molar-refractivity contribution in [2.75, 3.05) is 39.8 Å². The molecule has 144 valence electrons. The molecule has 1 aromatic carbocycles. The van der Waals surface area contributed by atoms with Gasteiger partial charge in [-0.2, -0.15) is 0 Å². The van der Waals surface area contributed by atoms with Crippen LogP contribution in [0.3, 0.4) is 0 Å². The third kappa shape index (κ3) is 6.29.